The van der Waals surface area contributed by atoms with E-state index >= 15 is 0 Å². The molecule has 0 atom stereocenters. The van der Waals surface area contributed by atoms with Crippen LogP contribution in [0.3, 0.4) is 0 Å². The Morgan fingerprint density at radius 2 is 2.00 bits per heavy atom. The third-order valence-corrected chi connectivity index (χ3v) is 1.95. The molecular formula is C12H16O2. The maximum absolute atomic E-state index is 11.0. The predicted octanol–water partition coefficient (Wildman–Crippen LogP) is 2.57. The summed E-state index contributed by atoms with van der Waals surface area (Å²) >= 11 is 0. The lowest BCUT2D eigenvalue weighted by molar-refractivity contribution is -0.143. The molecule has 0 saturated heterocycles. The van der Waals surface area contributed by atoms with Gasteiger partial charge in [-0.2, -0.15) is 0 Å². The predicted molar refractivity (Wildman–Crippen MR) is 56.0 cm³/mol. The highest BCUT2D eigenvalue weighted by Crippen LogP contribution is 2.00. The number of carbonyl (C=O) groups is 1. The number of esters is 1. The van der Waals surface area contributed by atoms with Crippen LogP contribution >= 0.6 is 0 Å². The Hall–Kier alpha value is -1.31. The van der Waals surface area contributed by atoms with E-state index in [2.05, 4.69) is 0 Å². The lowest BCUT2D eigenvalue weighted by atomic mass is 10.2. The van der Waals surface area contributed by atoms with Gasteiger partial charge in [0.1, 0.15) is 0 Å². The topological polar surface area (TPSA) is 26.3 Å². The van der Waals surface area contributed by atoms with E-state index in [0.29, 0.717) is 13.0 Å². The first-order chi connectivity index (χ1) is 6.83. The zero-order chi connectivity index (χ0) is 10.2. The van der Waals surface area contributed by atoms with Crippen molar-refractivity contribution < 1.29 is 9.53 Å². The summed E-state index contributed by atoms with van der Waals surface area (Å²) in [5, 5.41) is 0. The molecule has 2 nitrogen and oxygen atoms in total. The van der Waals surface area contributed by atoms with Crippen molar-refractivity contribution in [2.45, 2.75) is 26.2 Å². The molecule has 0 radical (unpaired) electrons. The van der Waals surface area contributed by atoms with Crippen LogP contribution in [0.4, 0.5) is 0 Å². The maximum Gasteiger partial charge on any atom is 0.305 e. The summed E-state index contributed by atoms with van der Waals surface area (Å²) < 4.78 is 5.05. The normalized spacial score (nSPS) is 9.79. The van der Waals surface area contributed by atoms with Crippen molar-refractivity contribution in [1.29, 1.82) is 0 Å². The molecule has 0 fully saturated rings. The number of ether oxygens (including phenoxy) is 1. The van der Waals surface area contributed by atoms with Gasteiger partial charge < -0.3 is 4.74 Å². The van der Waals surface area contributed by atoms with E-state index in [1.165, 1.54) is 5.56 Å². The zero-order valence-electron chi connectivity index (χ0n) is 8.53. The van der Waals surface area contributed by atoms with Crippen molar-refractivity contribution in [2.24, 2.45) is 0 Å². The van der Waals surface area contributed by atoms with Crippen molar-refractivity contribution >= 4 is 5.97 Å². The van der Waals surface area contributed by atoms with Crippen molar-refractivity contribution in [3.05, 3.63) is 35.9 Å². The molecule has 1 rings (SSSR count). The summed E-state index contributed by atoms with van der Waals surface area (Å²) in [6.07, 6.45) is 2.18. The summed E-state index contributed by atoms with van der Waals surface area (Å²) in [5.74, 6) is -0.0940. The minimum absolute atomic E-state index is 0.0940. The molecule has 0 heterocycles. The molecule has 0 unspecified atom stereocenters. The molecule has 0 aliphatic heterocycles. The van der Waals surface area contributed by atoms with Crippen LogP contribution in [0.2, 0.25) is 0 Å². The third kappa shape index (κ3) is 4.08. The molecule has 1 aromatic carbocycles. The van der Waals surface area contributed by atoms with Gasteiger partial charge in [0.05, 0.1) is 6.61 Å². The van der Waals surface area contributed by atoms with E-state index in [-0.39, 0.29) is 5.97 Å². The summed E-state index contributed by atoms with van der Waals surface area (Å²) in [4.78, 5) is 11.0. The highest BCUT2D eigenvalue weighted by Gasteiger charge is 1.99. The summed E-state index contributed by atoms with van der Waals surface area (Å²) in [6.45, 7) is 2.46. The van der Waals surface area contributed by atoms with Crippen LogP contribution in [0, 0.1) is 0 Å². The molecule has 0 aliphatic carbocycles. The van der Waals surface area contributed by atoms with Crippen LogP contribution in [0.1, 0.15) is 25.3 Å². The highest BCUT2D eigenvalue weighted by molar-refractivity contribution is 5.69. The molecule has 0 aliphatic rings. The summed E-state index contributed by atoms with van der Waals surface area (Å²) in [5.41, 5.74) is 1.21. The molecule has 14 heavy (non-hydrogen) atoms. The van der Waals surface area contributed by atoms with Gasteiger partial charge in [0.25, 0.3) is 0 Å². The van der Waals surface area contributed by atoms with Gasteiger partial charge in [0.15, 0.2) is 0 Å². The Balaban J connectivity index is 2.19. The first-order valence-corrected chi connectivity index (χ1v) is 5.02. The molecule has 0 amide bonds. The maximum atomic E-state index is 11.0. The average Bonchev–Trinajstić information content (AvgIpc) is 2.20. The van der Waals surface area contributed by atoms with Crippen LogP contribution in [0.5, 0.6) is 0 Å². The monoisotopic (exact) mass is 192 g/mol. The second kappa shape index (κ2) is 6.19. The van der Waals surface area contributed by atoms with Gasteiger partial charge in [-0.1, -0.05) is 37.3 Å². The van der Waals surface area contributed by atoms with E-state index < -0.39 is 0 Å². The second-order valence-corrected chi connectivity index (χ2v) is 3.21. The summed E-state index contributed by atoms with van der Waals surface area (Å²) in [7, 11) is 0. The Labute approximate surface area is 84.9 Å². The largest absolute Gasteiger partial charge is 0.465 e. The lowest BCUT2D eigenvalue weighted by Gasteiger charge is -2.03. The summed E-state index contributed by atoms with van der Waals surface area (Å²) in [6, 6.07) is 10.0. The molecular weight excluding hydrogens is 176 g/mol. The van der Waals surface area contributed by atoms with Crippen LogP contribution < -0.4 is 0 Å². The Morgan fingerprint density at radius 1 is 1.29 bits per heavy atom. The molecule has 0 spiro atoms. The fourth-order valence-electron chi connectivity index (χ4n) is 1.20. The van der Waals surface area contributed by atoms with Crippen LogP contribution in [0.15, 0.2) is 30.3 Å². The van der Waals surface area contributed by atoms with Gasteiger partial charge in [0.2, 0.25) is 0 Å². The van der Waals surface area contributed by atoms with Crippen molar-refractivity contribution in [3.8, 4) is 0 Å². The van der Waals surface area contributed by atoms with Crippen LogP contribution in [-0.4, -0.2) is 12.6 Å². The number of hydrogen-bond acceptors (Lipinski definition) is 2. The molecule has 2 heteroatoms. The Kier molecular flexibility index (Phi) is 4.76. The van der Waals surface area contributed by atoms with Crippen molar-refractivity contribution in [1.82, 2.24) is 0 Å². The zero-order valence-corrected chi connectivity index (χ0v) is 8.53. The van der Waals surface area contributed by atoms with Gasteiger partial charge in [-0.25, -0.2) is 0 Å². The number of hydrogen-bond donors (Lipinski definition) is 0. The quantitative estimate of drug-likeness (QED) is 0.670. The van der Waals surface area contributed by atoms with Gasteiger partial charge in [0, 0.05) is 12.8 Å². The number of carbonyl (C=O) groups excluding carboxylic acids is 1. The molecule has 0 bridgehead atoms. The Bertz CT molecular complexity index is 267. The standard InChI is InChI=1S/C12H16O2/c1-2-6-12(13)14-10-9-11-7-4-3-5-8-11/h3-5,7-8H,2,6,9-10H2,1H3. The van der Waals surface area contributed by atoms with Gasteiger partial charge in [-0.3, -0.25) is 4.79 Å². The van der Waals surface area contributed by atoms with Crippen molar-refractivity contribution in [3.63, 3.8) is 0 Å². The van der Waals surface area contributed by atoms with E-state index in [4.69, 9.17) is 4.74 Å². The molecule has 0 aromatic heterocycles. The third-order valence-electron chi connectivity index (χ3n) is 1.95. The van der Waals surface area contributed by atoms with E-state index in [1.807, 2.05) is 37.3 Å². The van der Waals surface area contributed by atoms with E-state index in [0.717, 1.165) is 12.8 Å². The van der Waals surface area contributed by atoms with Gasteiger partial charge in [-0.05, 0) is 12.0 Å². The first-order valence-electron chi connectivity index (χ1n) is 5.02. The molecule has 1 aromatic rings. The Morgan fingerprint density at radius 3 is 2.64 bits per heavy atom. The van der Waals surface area contributed by atoms with Crippen LogP contribution in [-0.2, 0) is 16.0 Å². The first kappa shape index (κ1) is 10.8. The smallest absolute Gasteiger partial charge is 0.305 e. The average molecular weight is 192 g/mol. The SMILES string of the molecule is CCCC(=O)OCCc1ccccc1. The van der Waals surface area contributed by atoms with Crippen molar-refractivity contribution in [2.75, 3.05) is 6.61 Å². The lowest BCUT2D eigenvalue weighted by Crippen LogP contribution is -2.06. The number of rotatable bonds is 5. The minimum atomic E-state index is -0.0940. The molecule has 0 N–H and O–H groups in total. The van der Waals surface area contributed by atoms with Crippen LogP contribution in [0.25, 0.3) is 0 Å². The molecule has 0 saturated carbocycles. The van der Waals surface area contributed by atoms with E-state index in [1.54, 1.807) is 0 Å². The number of benzene rings is 1. The fourth-order valence-corrected chi connectivity index (χ4v) is 1.20. The molecule has 76 valence electrons. The highest BCUT2D eigenvalue weighted by atomic mass is 16.5. The van der Waals surface area contributed by atoms with Gasteiger partial charge in [-0.15, -0.1) is 0 Å². The second-order valence-electron chi connectivity index (χ2n) is 3.21. The van der Waals surface area contributed by atoms with Gasteiger partial charge >= 0.3 is 5.97 Å². The fraction of sp³-hybridized carbons (Fsp3) is 0.417. The van der Waals surface area contributed by atoms with E-state index in [9.17, 15) is 4.79 Å². The minimum Gasteiger partial charge on any atom is -0.465 e.